The van der Waals surface area contributed by atoms with Crippen LogP contribution in [-0.2, 0) is 6.18 Å². The SMILES string of the molecule is FC(F)(F)c1nc(-c2ccnc(N3CCNCC3)n2)no1. The van der Waals surface area contributed by atoms with Crippen molar-refractivity contribution in [1.29, 1.82) is 0 Å². The van der Waals surface area contributed by atoms with Gasteiger partial charge in [-0.15, -0.1) is 0 Å². The molecular weight excluding hydrogens is 289 g/mol. The Morgan fingerprint density at radius 1 is 1.19 bits per heavy atom. The second-order valence-corrected chi connectivity index (χ2v) is 4.40. The molecule has 0 amide bonds. The van der Waals surface area contributed by atoms with Crippen LogP contribution >= 0.6 is 0 Å². The zero-order valence-corrected chi connectivity index (χ0v) is 10.8. The lowest BCUT2D eigenvalue weighted by Gasteiger charge is -2.27. The molecular formula is C11H11F3N6O. The van der Waals surface area contributed by atoms with E-state index >= 15 is 0 Å². The highest BCUT2D eigenvalue weighted by Crippen LogP contribution is 2.29. The molecule has 2 aromatic rings. The monoisotopic (exact) mass is 300 g/mol. The van der Waals surface area contributed by atoms with Gasteiger partial charge in [-0.2, -0.15) is 18.2 Å². The van der Waals surface area contributed by atoms with Crippen molar-refractivity contribution in [2.75, 3.05) is 31.1 Å². The number of nitrogens with zero attached hydrogens (tertiary/aromatic N) is 5. The number of alkyl halides is 3. The van der Waals surface area contributed by atoms with Crippen LogP contribution in [0.3, 0.4) is 0 Å². The molecule has 0 saturated carbocycles. The molecule has 0 atom stereocenters. The van der Waals surface area contributed by atoms with E-state index in [2.05, 4.69) is 29.9 Å². The molecule has 0 bridgehead atoms. The van der Waals surface area contributed by atoms with Gasteiger partial charge in [0, 0.05) is 32.4 Å². The molecule has 0 radical (unpaired) electrons. The number of rotatable bonds is 2. The minimum Gasteiger partial charge on any atom is -0.338 e. The van der Waals surface area contributed by atoms with Gasteiger partial charge in [0.05, 0.1) is 0 Å². The zero-order valence-electron chi connectivity index (χ0n) is 10.8. The molecule has 2 aromatic heterocycles. The van der Waals surface area contributed by atoms with Gasteiger partial charge in [0.15, 0.2) is 0 Å². The summed E-state index contributed by atoms with van der Waals surface area (Å²) in [5.74, 6) is -1.16. The van der Waals surface area contributed by atoms with Gasteiger partial charge in [0.25, 0.3) is 0 Å². The molecule has 0 unspecified atom stereocenters. The van der Waals surface area contributed by atoms with Gasteiger partial charge in [-0.3, -0.25) is 0 Å². The highest BCUT2D eigenvalue weighted by Gasteiger charge is 2.38. The fourth-order valence-corrected chi connectivity index (χ4v) is 1.93. The summed E-state index contributed by atoms with van der Waals surface area (Å²) in [4.78, 5) is 13.6. The summed E-state index contributed by atoms with van der Waals surface area (Å²) in [5.41, 5.74) is 0.192. The van der Waals surface area contributed by atoms with E-state index in [9.17, 15) is 13.2 Å². The number of hydrogen-bond acceptors (Lipinski definition) is 7. The Balaban J connectivity index is 1.87. The van der Waals surface area contributed by atoms with E-state index in [0.29, 0.717) is 5.95 Å². The highest BCUT2D eigenvalue weighted by atomic mass is 19.4. The minimum atomic E-state index is -4.67. The third kappa shape index (κ3) is 2.94. The third-order valence-corrected chi connectivity index (χ3v) is 2.94. The molecule has 1 fully saturated rings. The van der Waals surface area contributed by atoms with Crippen LogP contribution in [0.15, 0.2) is 16.8 Å². The molecule has 1 aliphatic rings. The van der Waals surface area contributed by atoms with Crippen molar-refractivity contribution in [3.05, 3.63) is 18.2 Å². The Hall–Kier alpha value is -2.23. The molecule has 21 heavy (non-hydrogen) atoms. The molecule has 1 N–H and O–H groups in total. The molecule has 10 heteroatoms. The van der Waals surface area contributed by atoms with Crippen LogP contribution in [0.5, 0.6) is 0 Å². The van der Waals surface area contributed by atoms with Crippen LogP contribution in [0.2, 0.25) is 0 Å². The van der Waals surface area contributed by atoms with Crippen molar-refractivity contribution in [3.63, 3.8) is 0 Å². The lowest BCUT2D eigenvalue weighted by Crippen LogP contribution is -2.44. The van der Waals surface area contributed by atoms with E-state index in [1.54, 1.807) is 0 Å². The van der Waals surface area contributed by atoms with Crippen molar-refractivity contribution in [3.8, 4) is 11.5 Å². The van der Waals surface area contributed by atoms with Crippen molar-refractivity contribution in [2.24, 2.45) is 0 Å². The van der Waals surface area contributed by atoms with Gasteiger partial charge in [-0.1, -0.05) is 5.16 Å². The van der Waals surface area contributed by atoms with Crippen molar-refractivity contribution >= 4 is 5.95 Å². The van der Waals surface area contributed by atoms with Gasteiger partial charge >= 0.3 is 12.1 Å². The first-order valence-corrected chi connectivity index (χ1v) is 6.24. The largest absolute Gasteiger partial charge is 0.471 e. The summed E-state index contributed by atoms with van der Waals surface area (Å²) in [6.07, 6.45) is -3.21. The first-order valence-electron chi connectivity index (χ1n) is 6.24. The summed E-state index contributed by atoms with van der Waals surface area (Å²) in [6.45, 7) is 3.05. The molecule has 0 aliphatic carbocycles. The molecule has 3 heterocycles. The van der Waals surface area contributed by atoms with E-state index in [-0.39, 0.29) is 11.5 Å². The average molecular weight is 300 g/mol. The van der Waals surface area contributed by atoms with Gasteiger partial charge in [0.1, 0.15) is 5.69 Å². The second kappa shape index (κ2) is 5.28. The van der Waals surface area contributed by atoms with Gasteiger partial charge in [-0.25, -0.2) is 9.97 Å². The molecule has 1 saturated heterocycles. The first kappa shape index (κ1) is 13.7. The number of nitrogens with one attached hydrogen (secondary N) is 1. The lowest BCUT2D eigenvalue weighted by atomic mass is 10.3. The summed E-state index contributed by atoms with van der Waals surface area (Å²) < 4.78 is 41.5. The van der Waals surface area contributed by atoms with Crippen LogP contribution in [-0.4, -0.2) is 46.3 Å². The number of hydrogen-bond donors (Lipinski definition) is 1. The smallest absolute Gasteiger partial charge is 0.338 e. The van der Waals surface area contributed by atoms with Crippen LogP contribution in [0.25, 0.3) is 11.5 Å². The van der Waals surface area contributed by atoms with E-state index in [0.717, 1.165) is 26.2 Å². The molecule has 7 nitrogen and oxygen atoms in total. The quantitative estimate of drug-likeness (QED) is 0.884. The maximum Gasteiger partial charge on any atom is 0.471 e. The standard InChI is InChI=1S/C11H11F3N6O/c12-11(13,14)9-18-8(19-21-9)7-1-2-16-10(17-7)20-5-3-15-4-6-20/h1-2,15H,3-6H2. The zero-order chi connectivity index (χ0) is 14.9. The van der Waals surface area contributed by atoms with E-state index in [1.807, 2.05) is 4.90 Å². The number of aromatic nitrogens is 4. The van der Waals surface area contributed by atoms with Crippen molar-refractivity contribution < 1.29 is 17.7 Å². The third-order valence-electron chi connectivity index (χ3n) is 2.94. The molecule has 3 rings (SSSR count). The van der Waals surface area contributed by atoms with Crippen LogP contribution in [0, 0.1) is 0 Å². The fraction of sp³-hybridized carbons (Fsp3) is 0.455. The first-order chi connectivity index (χ1) is 10.0. The Labute approximate surface area is 117 Å². The number of piperazine rings is 1. The maximum atomic E-state index is 12.4. The van der Waals surface area contributed by atoms with E-state index in [4.69, 9.17) is 0 Å². The Kier molecular flexibility index (Phi) is 3.45. The molecule has 1 aliphatic heterocycles. The Bertz CT molecular complexity index is 622. The topological polar surface area (TPSA) is 80.0 Å². The van der Waals surface area contributed by atoms with Crippen LogP contribution in [0.1, 0.15) is 5.89 Å². The van der Waals surface area contributed by atoms with Gasteiger partial charge in [-0.05, 0) is 6.07 Å². The van der Waals surface area contributed by atoms with Crippen LogP contribution < -0.4 is 10.2 Å². The lowest BCUT2D eigenvalue weighted by molar-refractivity contribution is -0.159. The molecule has 112 valence electrons. The molecule has 0 spiro atoms. The summed E-state index contributed by atoms with van der Waals surface area (Å²) in [5, 5.41) is 6.50. The van der Waals surface area contributed by atoms with Gasteiger partial charge in [0.2, 0.25) is 11.8 Å². The predicted molar refractivity (Wildman–Crippen MR) is 65.4 cm³/mol. The van der Waals surface area contributed by atoms with Crippen molar-refractivity contribution in [1.82, 2.24) is 25.4 Å². The Morgan fingerprint density at radius 2 is 1.95 bits per heavy atom. The minimum absolute atomic E-state index is 0.192. The fourth-order valence-electron chi connectivity index (χ4n) is 1.93. The van der Waals surface area contributed by atoms with Crippen molar-refractivity contribution in [2.45, 2.75) is 6.18 Å². The number of halogens is 3. The maximum absolute atomic E-state index is 12.4. The predicted octanol–water partition coefficient (Wildman–Crippen LogP) is 0.955. The second-order valence-electron chi connectivity index (χ2n) is 4.40. The number of anilines is 1. The highest BCUT2D eigenvalue weighted by molar-refractivity contribution is 5.50. The average Bonchev–Trinajstić information content (AvgIpc) is 2.98. The summed E-state index contributed by atoms with van der Waals surface area (Å²) in [7, 11) is 0. The normalized spacial score (nSPS) is 16.2. The van der Waals surface area contributed by atoms with Gasteiger partial charge < -0.3 is 14.7 Å². The molecule has 0 aromatic carbocycles. The van der Waals surface area contributed by atoms with Crippen LogP contribution in [0.4, 0.5) is 19.1 Å². The summed E-state index contributed by atoms with van der Waals surface area (Å²) >= 11 is 0. The van der Waals surface area contributed by atoms with E-state index in [1.165, 1.54) is 12.3 Å². The Morgan fingerprint density at radius 3 is 2.62 bits per heavy atom. The van der Waals surface area contributed by atoms with E-state index < -0.39 is 12.1 Å². The summed E-state index contributed by atoms with van der Waals surface area (Å²) in [6, 6.07) is 1.44.